The van der Waals surface area contributed by atoms with Crippen LogP contribution in [0.3, 0.4) is 0 Å². The summed E-state index contributed by atoms with van der Waals surface area (Å²) < 4.78 is 7.86. The number of aromatic nitrogens is 2. The Morgan fingerprint density at radius 1 is 1.48 bits per heavy atom. The number of nitrogens with one attached hydrogen (secondary N) is 1. The highest BCUT2D eigenvalue weighted by atomic mass is 16.5. The summed E-state index contributed by atoms with van der Waals surface area (Å²) in [6.07, 6.45) is 11.7. The van der Waals surface area contributed by atoms with Gasteiger partial charge < -0.3 is 15.0 Å². The average Bonchev–Trinajstić information content (AvgIpc) is 2.93. The lowest BCUT2D eigenvalue weighted by Gasteiger charge is -2.43. The molecule has 1 spiro atoms. The smallest absolute Gasteiger partial charge is 0.317 e. The minimum absolute atomic E-state index is 0.00767. The molecular weight excluding hydrogens is 292 g/mol. The maximum absolute atomic E-state index is 12.4. The van der Waals surface area contributed by atoms with Crippen LogP contribution in [0.4, 0.5) is 4.79 Å². The van der Waals surface area contributed by atoms with E-state index in [1.54, 1.807) is 15.8 Å². The molecule has 0 aromatic carbocycles. The SMILES string of the molecule is CN(Cc1cnn(C)c1)C(=O)NC1CCOC2(CCCCC2)C1. The first-order chi connectivity index (χ1) is 11.1. The van der Waals surface area contributed by atoms with Crippen molar-refractivity contribution in [3.63, 3.8) is 0 Å². The Balaban J connectivity index is 1.52. The van der Waals surface area contributed by atoms with Gasteiger partial charge in [-0.1, -0.05) is 19.3 Å². The third-order valence-corrected chi connectivity index (χ3v) is 5.11. The zero-order valence-corrected chi connectivity index (χ0v) is 14.3. The molecule has 2 amide bonds. The minimum Gasteiger partial charge on any atom is -0.375 e. The third kappa shape index (κ3) is 4.05. The van der Waals surface area contributed by atoms with Crippen molar-refractivity contribution in [2.45, 2.75) is 63.1 Å². The molecule has 1 aromatic rings. The van der Waals surface area contributed by atoms with E-state index in [1.165, 1.54) is 19.3 Å². The summed E-state index contributed by atoms with van der Waals surface area (Å²) in [6.45, 7) is 1.34. The molecule has 2 heterocycles. The number of hydrogen-bond acceptors (Lipinski definition) is 3. The van der Waals surface area contributed by atoms with Gasteiger partial charge in [0.15, 0.2) is 0 Å². The van der Waals surface area contributed by atoms with Crippen LogP contribution in [0.2, 0.25) is 0 Å². The molecule has 2 aliphatic rings. The first-order valence-electron chi connectivity index (χ1n) is 8.69. The van der Waals surface area contributed by atoms with Crippen LogP contribution in [-0.4, -0.2) is 46.0 Å². The number of nitrogens with zero attached hydrogens (tertiary/aromatic N) is 3. The second kappa shape index (κ2) is 6.91. The first kappa shape index (κ1) is 16.3. The Hall–Kier alpha value is -1.56. The number of ether oxygens (including phenoxy) is 1. The highest BCUT2D eigenvalue weighted by molar-refractivity contribution is 5.74. The summed E-state index contributed by atoms with van der Waals surface area (Å²) in [5.41, 5.74) is 1.07. The molecule has 1 aliphatic heterocycles. The zero-order valence-electron chi connectivity index (χ0n) is 14.3. The summed E-state index contributed by atoms with van der Waals surface area (Å²) in [6, 6.07) is 0.220. The lowest BCUT2D eigenvalue weighted by molar-refractivity contribution is -0.108. The number of hydrogen-bond donors (Lipinski definition) is 1. The van der Waals surface area contributed by atoms with Crippen LogP contribution in [0.1, 0.15) is 50.5 Å². The van der Waals surface area contributed by atoms with Crippen LogP contribution in [0.15, 0.2) is 12.4 Å². The van der Waals surface area contributed by atoms with Crippen molar-refractivity contribution in [1.82, 2.24) is 20.0 Å². The molecule has 3 rings (SSSR count). The molecule has 128 valence electrons. The number of amides is 2. The van der Waals surface area contributed by atoms with Crippen LogP contribution < -0.4 is 5.32 Å². The fourth-order valence-corrected chi connectivity index (χ4v) is 3.88. The lowest BCUT2D eigenvalue weighted by Crippen LogP contribution is -2.51. The van der Waals surface area contributed by atoms with Gasteiger partial charge in [0.2, 0.25) is 0 Å². The molecule has 1 N–H and O–H groups in total. The molecule has 1 saturated heterocycles. The van der Waals surface area contributed by atoms with E-state index in [0.717, 1.165) is 37.9 Å². The van der Waals surface area contributed by atoms with Crippen LogP contribution in [-0.2, 0) is 18.3 Å². The normalized spacial score (nSPS) is 23.7. The molecular formula is C17H28N4O2. The van der Waals surface area contributed by atoms with E-state index in [-0.39, 0.29) is 17.7 Å². The predicted molar refractivity (Wildman–Crippen MR) is 88.0 cm³/mol. The summed E-state index contributed by atoms with van der Waals surface area (Å²) in [5, 5.41) is 7.34. The van der Waals surface area contributed by atoms with E-state index < -0.39 is 0 Å². The summed E-state index contributed by atoms with van der Waals surface area (Å²) in [7, 11) is 3.72. The molecule has 1 aliphatic carbocycles. The van der Waals surface area contributed by atoms with E-state index in [4.69, 9.17) is 4.74 Å². The fourth-order valence-electron chi connectivity index (χ4n) is 3.88. The van der Waals surface area contributed by atoms with E-state index >= 15 is 0 Å². The van der Waals surface area contributed by atoms with Gasteiger partial charge in [-0.2, -0.15) is 5.10 Å². The van der Waals surface area contributed by atoms with Crippen LogP contribution >= 0.6 is 0 Å². The van der Waals surface area contributed by atoms with Crippen LogP contribution in [0.25, 0.3) is 0 Å². The number of rotatable bonds is 3. The van der Waals surface area contributed by atoms with Gasteiger partial charge in [0, 0.05) is 38.5 Å². The predicted octanol–water partition coefficient (Wildman–Crippen LogP) is 2.44. The number of urea groups is 1. The highest BCUT2D eigenvalue weighted by Crippen LogP contribution is 2.38. The number of carbonyl (C=O) groups is 1. The Kier molecular flexibility index (Phi) is 4.90. The average molecular weight is 320 g/mol. The molecule has 23 heavy (non-hydrogen) atoms. The van der Waals surface area contributed by atoms with E-state index in [2.05, 4.69) is 10.4 Å². The van der Waals surface area contributed by atoms with Gasteiger partial charge in [-0.15, -0.1) is 0 Å². The second-order valence-corrected chi connectivity index (χ2v) is 7.11. The molecule has 1 unspecified atom stereocenters. The second-order valence-electron chi connectivity index (χ2n) is 7.11. The Labute approximate surface area is 138 Å². The molecule has 1 atom stereocenters. The minimum atomic E-state index is -0.00767. The van der Waals surface area contributed by atoms with Gasteiger partial charge >= 0.3 is 6.03 Å². The molecule has 6 heteroatoms. The summed E-state index contributed by atoms with van der Waals surface area (Å²) in [4.78, 5) is 14.2. The number of aryl methyl sites for hydroxylation is 1. The lowest BCUT2D eigenvalue weighted by atomic mass is 9.78. The first-order valence-corrected chi connectivity index (χ1v) is 8.69. The van der Waals surface area contributed by atoms with Crippen molar-refractivity contribution in [3.05, 3.63) is 18.0 Å². The van der Waals surface area contributed by atoms with Gasteiger partial charge in [-0.05, 0) is 25.7 Å². The van der Waals surface area contributed by atoms with Crippen molar-refractivity contribution >= 4 is 6.03 Å². The molecule has 0 radical (unpaired) electrons. The Bertz CT molecular complexity index is 531. The standard InChI is InChI=1S/C17H28N4O2/c1-20(12-14-11-18-21(2)13-14)16(22)19-15-6-9-23-17(10-15)7-4-3-5-8-17/h11,13,15H,3-10,12H2,1-2H3,(H,19,22). The Morgan fingerprint density at radius 3 is 2.96 bits per heavy atom. The van der Waals surface area contributed by atoms with Gasteiger partial charge in [-0.3, -0.25) is 4.68 Å². The van der Waals surface area contributed by atoms with Crippen molar-refractivity contribution in [2.24, 2.45) is 7.05 Å². The molecule has 0 bridgehead atoms. The van der Waals surface area contributed by atoms with Gasteiger partial charge in [0.25, 0.3) is 0 Å². The van der Waals surface area contributed by atoms with Gasteiger partial charge in [0.1, 0.15) is 0 Å². The molecule has 1 saturated carbocycles. The highest BCUT2D eigenvalue weighted by Gasteiger charge is 2.39. The summed E-state index contributed by atoms with van der Waals surface area (Å²) >= 11 is 0. The van der Waals surface area contributed by atoms with Gasteiger partial charge in [0.05, 0.1) is 18.3 Å². The monoisotopic (exact) mass is 320 g/mol. The molecule has 6 nitrogen and oxygen atoms in total. The third-order valence-electron chi connectivity index (χ3n) is 5.11. The fraction of sp³-hybridized carbons (Fsp3) is 0.765. The van der Waals surface area contributed by atoms with Crippen LogP contribution in [0, 0.1) is 0 Å². The van der Waals surface area contributed by atoms with Crippen molar-refractivity contribution in [1.29, 1.82) is 0 Å². The quantitative estimate of drug-likeness (QED) is 0.930. The van der Waals surface area contributed by atoms with Crippen molar-refractivity contribution in [2.75, 3.05) is 13.7 Å². The number of carbonyl (C=O) groups excluding carboxylic acids is 1. The van der Waals surface area contributed by atoms with E-state index in [1.807, 2.05) is 20.3 Å². The van der Waals surface area contributed by atoms with Crippen molar-refractivity contribution < 1.29 is 9.53 Å². The van der Waals surface area contributed by atoms with E-state index in [0.29, 0.717) is 6.54 Å². The van der Waals surface area contributed by atoms with Crippen molar-refractivity contribution in [3.8, 4) is 0 Å². The van der Waals surface area contributed by atoms with Gasteiger partial charge in [-0.25, -0.2) is 4.79 Å². The van der Waals surface area contributed by atoms with Crippen LogP contribution in [0.5, 0.6) is 0 Å². The maximum atomic E-state index is 12.4. The zero-order chi connectivity index (χ0) is 16.3. The Morgan fingerprint density at radius 2 is 2.26 bits per heavy atom. The maximum Gasteiger partial charge on any atom is 0.317 e. The largest absolute Gasteiger partial charge is 0.375 e. The summed E-state index contributed by atoms with van der Waals surface area (Å²) in [5.74, 6) is 0. The van der Waals surface area contributed by atoms with E-state index in [9.17, 15) is 4.79 Å². The molecule has 1 aromatic heterocycles. The topological polar surface area (TPSA) is 59.4 Å². The molecule has 2 fully saturated rings.